The van der Waals surface area contributed by atoms with Gasteiger partial charge in [-0.05, 0) is 24.2 Å². The van der Waals surface area contributed by atoms with Gasteiger partial charge in [0, 0.05) is 28.4 Å². The smallest absolute Gasteiger partial charge is 0.369 e. The van der Waals surface area contributed by atoms with E-state index in [-0.39, 0.29) is 5.16 Å². The number of hydrogen-bond acceptors (Lipinski definition) is 4. The lowest BCUT2D eigenvalue weighted by Gasteiger charge is -2.38. The van der Waals surface area contributed by atoms with Crippen LogP contribution in [0.25, 0.3) is 0 Å². The largest absolute Gasteiger partial charge is 0.395 e. The van der Waals surface area contributed by atoms with Crippen molar-refractivity contribution >= 4 is 17.1 Å². The second-order valence-electron chi connectivity index (χ2n) is 5.36. The molecule has 0 unspecified atom stereocenters. The van der Waals surface area contributed by atoms with Gasteiger partial charge in [0.15, 0.2) is 0 Å². The summed E-state index contributed by atoms with van der Waals surface area (Å²) in [4.78, 5) is 0. The molecule has 0 spiro atoms. The summed E-state index contributed by atoms with van der Waals surface area (Å²) in [7, 11) is 1.82. The molecule has 4 nitrogen and oxygen atoms in total. The third-order valence-corrected chi connectivity index (χ3v) is 12.9. The van der Waals surface area contributed by atoms with Gasteiger partial charge in [-0.2, -0.15) is 0 Å². The molecule has 0 amide bonds. The Balaban J connectivity index is 5.57. The fourth-order valence-corrected chi connectivity index (χ4v) is 10.6. The topological polar surface area (TPSA) is 36.9 Å². The van der Waals surface area contributed by atoms with Crippen LogP contribution in [0.3, 0.4) is 0 Å². The average molecular weight is 347 g/mol. The van der Waals surface area contributed by atoms with Gasteiger partial charge in [0.1, 0.15) is 0 Å². The van der Waals surface area contributed by atoms with Gasteiger partial charge in [-0.15, -0.1) is 0 Å². The van der Waals surface area contributed by atoms with Crippen molar-refractivity contribution in [3.63, 3.8) is 0 Å². The number of rotatable bonds is 12. The van der Waals surface area contributed by atoms with Crippen LogP contribution in [0, 0.1) is 0 Å². The molecule has 0 aromatic heterocycles. The minimum atomic E-state index is -2.54. The van der Waals surface area contributed by atoms with Gasteiger partial charge < -0.3 is 17.7 Å². The Hall–Kier alpha value is -0.246. The van der Waals surface area contributed by atoms with Gasteiger partial charge in [-0.1, -0.05) is 45.8 Å². The molecular weight excluding hydrogens is 312 g/mol. The van der Waals surface area contributed by atoms with E-state index in [4.69, 9.17) is 17.7 Å². The Bertz CT molecular complexity index is 305. The molecule has 0 aliphatic heterocycles. The Morgan fingerprint density at radius 2 is 1.05 bits per heavy atom. The molecule has 0 N–H and O–H groups in total. The van der Waals surface area contributed by atoms with Crippen molar-refractivity contribution in [2.24, 2.45) is 0 Å². The molecule has 0 aromatic carbocycles. The van der Waals surface area contributed by atoms with Crippen LogP contribution in [0.1, 0.15) is 46.5 Å². The summed E-state index contributed by atoms with van der Waals surface area (Å²) < 4.78 is 23.5. The van der Waals surface area contributed by atoms with Gasteiger partial charge in [0.2, 0.25) is 0 Å². The molecule has 0 fully saturated rings. The van der Waals surface area contributed by atoms with E-state index in [1.54, 1.807) is 28.4 Å². The van der Waals surface area contributed by atoms with E-state index in [1.807, 2.05) is 0 Å². The van der Waals surface area contributed by atoms with E-state index in [1.165, 1.54) is 0 Å². The highest BCUT2D eigenvalue weighted by Gasteiger charge is 2.54. The van der Waals surface area contributed by atoms with Crippen LogP contribution in [0.2, 0.25) is 5.16 Å². The zero-order valence-corrected chi connectivity index (χ0v) is 17.3. The number of hydrogen-bond donors (Lipinski definition) is 0. The summed E-state index contributed by atoms with van der Waals surface area (Å²) in [5, 5.41) is 0.0752. The van der Waals surface area contributed by atoms with Crippen LogP contribution < -0.4 is 0 Å². The lowest BCUT2D eigenvalue weighted by Crippen LogP contribution is -2.57. The molecule has 130 valence electrons. The SMILES string of the molecule is CCCC=C[Si](OC)(OC)C(C)[Si](C=CCCC)(OC)OC. The summed E-state index contributed by atoms with van der Waals surface area (Å²) in [6.45, 7) is 6.45. The molecule has 0 saturated heterocycles. The molecule has 22 heavy (non-hydrogen) atoms. The molecule has 0 heterocycles. The highest BCUT2D eigenvalue weighted by atomic mass is 28.4. The van der Waals surface area contributed by atoms with Gasteiger partial charge in [-0.3, -0.25) is 0 Å². The normalized spacial score (nSPS) is 15.0. The maximum Gasteiger partial charge on any atom is 0.369 e. The number of allylic oxidation sites excluding steroid dienone is 2. The van der Waals surface area contributed by atoms with Gasteiger partial charge in [-0.25, -0.2) is 0 Å². The lowest BCUT2D eigenvalue weighted by molar-refractivity contribution is 0.219. The molecule has 0 saturated carbocycles. The Kier molecular flexibility index (Phi) is 11.2. The first kappa shape index (κ1) is 21.8. The van der Waals surface area contributed by atoms with Crippen molar-refractivity contribution in [1.29, 1.82) is 0 Å². The van der Waals surface area contributed by atoms with E-state index in [9.17, 15) is 0 Å². The van der Waals surface area contributed by atoms with Crippen LogP contribution in [-0.2, 0) is 17.7 Å². The Morgan fingerprint density at radius 1 is 0.727 bits per heavy atom. The quantitative estimate of drug-likeness (QED) is 0.497. The number of unbranched alkanes of at least 4 members (excludes halogenated alkanes) is 2. The first-order valence-corrected chi connectivity index (χ1v) is 12.0. The summed E-state index contributed by atoms with van der Waals surface area (Å²) >= 11 is 0. The van der Waals surface area contributed by atoms with Crippen molar-refractivity contribution in [2.45, 2.75) is 51.6 Å². The fourth-order valence-electron chi connectivity index (χ4n) is 2.54. The molecule has 0 rings (SSSR count). The Labute approximate surface area is 139 Å². The molecule has 0 atom stereocenters. The highest BCUT2D eigenvalue weighted by molar-refractivity contribution is 6.92. The van der Waals surface area contributed by atoms with E-state index in [0.29, 0.717) is 0 Å². The molecule has 0 aliphatic carbocycles. The molecule has 6 heteroatoms. The predicted octanol–water partition coefficient (Wildman–Crippen LogP) is 4.18. The molecule has 0 radical (unpaired) electrons. The van der Waals surface area contributed by atoms with E-state index < -0.39 is 17.1 Å². The minimum absolute atomic E-state index is 0.0752. The first-order valence-electron chi connectivity index (χ1n) is 8.08. The maximum absolute atomic E-state index is 5.88. The minimum Gasteiger partial charge on any atom is -0.395 e. The van der Waals surface area contributed by atoms with Crippen molar-refractivity contribution in [3.05, 3.63) is 23.6 Å². The van der Waals surface area contributed by atoms with Crippen LogP contribution in [0.15, 0.2) is 23.6 Å². The van der Waals surface area contributed by atoms with E-state index in [0.717, 1.165) is 25.7 Å². The van der Waals surface area contributed by atoms with Crippen LogP contribution >= 0.6 is 0 Å². The van der Waals surface area contributed by atoms with Gasteiger partial charge in [0.25, 0.3) is 0 Å². The third kappa shape index (κ3) is 5.43. The van der Waals surface area contributed by atoms with E-state index in [2.05, 4.69) is 44.3 Å². The second-order valence-corrected chi connectivity index (χ2v) is 12.9. The average Bonchev–Trinajstić information content (AvgIpc) is 2.56. The maximum atomic E-state index is 5.88. The van der Waals surface area contributed by atoms with Gasteiger partial charge in [0.05, 0.1) is 5.16 Å². The second kappa shape index (κ2) is 11.3. The van der Waals surface area contributed by atoms with Gasteiger partial charge >= 0.3 is 17.1 Å². The first-order chi connectivity index (χ1) is 10.5. The van der Waals surface area contributed by atoms with Crippen molar-refractivity contribution in [3.8, 4) is 0 Å². The van der Waals surface area contributed by atoms with Crippen molar-refractivity contribution in [2.75, 3.05) is 28.4 Å². The zero-order valence-electron chi connectivity index (χ0n) is 15.3. The Morgan fingerprint density at radius 3 is 1.27 bits per heavy atom. The third-order valence-electron chi connectivity index (χ3n) is 4.09. The van der Waals surface area contributed by atoms with Crippen LogP contribution in [0.4, 0.5) is 0 Å². The summed E-state index contributed by atoms with van der Waals surface area (Å²) in [5.74, 6) is 0. The predicted molar refractivity (Wildman–Crippen MR) is 97.1 cm³/mol. The monoisotopic (exact) mass is 346 g/mol. The van der Waals surface area contributed by atoms with Crippen LogP contribution in [-0.4, -0.2) is 45.6 Å². The van der Waals surface area contributed by atoms with E-state index >= 15 is 0 Å². The fraction of sp³-hybridized carbons (Fsp3) is 0.750. The highest BCUT2D eigenvalue weighted by Crippen LogP contribution is 2.35. The van der Waals surface area contributed by atoms with Crippen LogP contribution in [0.5, 0.6) is 0 Å². The molecule has 0 bridgehead atoms. The molecule has 0 aromatic rings. The summed E-state index contributed by atoms with van der Waals surface area (Å²) in [5.41, 5.74) is 4.27. The summed E-state index contributed by atoms with van der Waals surface area (Å²) in [6.07, 6.45) is 8.58. The standard InChI is InChI=1S/C16H34O4Si2/c1-8-10-12-14-21(17-4,18-5)16(3)22(19-6,20-7)15-13-11-9-2/h12-16H,8-11H2,1-7H3. The van der Waals surface area contributed by atoms with Crippen molar-refractivity contribution < 1.29 is 17.7 Å². The lowest BCUT2D eigenvalue weighted by atomic mass is 10.3. The molecule has 0 aliphatic rings. The van der Waals surface area contributed by atoms with Crippen molar-refractivity contribution in [1.82, 2.24) is 0 Å². The zero-order chi connectivity index (χ0) is 17.1. The molecular formula is C16H34O4Si2. The summed E-state index contributed by atoms with van der Waals surface area (Å²) in [6, 6.07) is 0.